The molecule has 2 heterocycles. The van der Waals surface area contributed by atoms with Crippen molar-refractivity contribution in [3.63, 3.8) is 0 Å². The fourth-order valence-corrected chi connectivity index (χ4v) is 4.64. The topological polar surface area (TPSA) is 122 Å². The summed E-state index contributed by atoms with van der Waals surface area (Å²) in [7, 11) is 0. The van der Waals surface area contributed by atoms with Crippen molar-refractivity contribution in [2.24, 2.45) is 0 Å². The van der Waals surface area contributed by atoms with Crippen LogP contribution in [0.5, 0.6) is 5.75 Å². The van der Waals surface area contributed by atoms with E-state index in [0.717, 1.165) is 19.6 Å². The molecule has 0 aromatic heterocycles. The first-order valence-corrected chi connectivity index (χ1v) is 12.4. The van der Waals surface area contributed by atoms with E-state index in [-0.39, 0.29) is 23.1 Å². The molecule has 0 unspecified atom stereocenters. The fourth-order valence-electron chi connectivity index (χ4n) is 4.64. The predicted molar refractivity (Wildman–Crippen MR) is 136 cm³/mol. The summed E-state index contributed by atoms with van der Waals surface area (Å²) in [5, 5.41) is 22.4. The number of ether oxygens (including phenoxy) is 2. The summed E-state index contributed by atoms with van der Waals surface area (Å²) >= 11 is 0. The molecular weight excluding hydrogens is 478 g/mol. The lowest BCUT2D eigenvalue weighted by molar-refractivity contribution is -0.384. The number of carbonyl (C=O) groups excluding carboxylic acids is 2. The molecule has 196 valence electrons. The zero-order chi connectivity index (χ0) is 26.5. The van der Waals surface area contributed by atoms with Crippen LogP contribution < -0.4 is 4.74 Å². The normalized spacial score (nSPS) is 20.0. The number of hydrogen-bond acceptors (Lipinski definition) is 8. The number of aliphatic hydroxyl groups excluding tert-OH is 1. The molecular formula is C27H31N3O7. The third-order valence-corrected chi connectivity index (χ3v) is 6.44. The molecule has 2 aliphatic heterocycles. The van der Waals surface area contributed by atoms with Crippen molar-refractivity contribution in [1.82, 2.24) is 9.80 Å². The Morgan fingerprint density at radius 2 is 1.73 bits per heavy atom. The van der Waals surface area contributed by atoms with Gasteiger partial charge in [-0.15, -0.1) is 0 Å². The number of carbonyl (C=O) groups is 2. The third kappa shape index (κ3) is 5.98. The second-order valence-electron chi connectivity index (χ2n) is 9.34. The van der Waals surface area contributed by atoms with Gasteiger partial charge >= 0.3 is 0 Å². The van der Waals surface area contributed by atoms with Crippen LogP contribution in [-0.4, -0.2) is 77.0 Å². The summed E-state index contributed by atoms with van der Waals surface area (Å²) in [5.41, 5.74) is 0.739. The Morgan fingerprint density at radius 3 is 2.32 bits per heavy atom. The highest BCUT2D eigenvalue weighted by Crippen LogP contribution is 2.40. The van der Waals surface area contributed by atoms with Crippen molar-refractivity contribution >= 4 is 23.1 Å². The van der Waals surface area contributed by atoms with Gasteiger partial charge in [-0.3, -0.25) is 24.6 Å². The van der Waals surface area contributed by atoms with Gasteiger partial charge in [0.2, 0.25) is 0 Å². The number of amides is 1. The molecule has 10 heteroatoms. The summed E-state index contributed by atoms with van der Waals surface area (Å²) < 4.78 is 11.0. The molecule has 1 atom stereocenters. The molecule has 2 aromatic carbocycles. The highest BCUT2D eigenvalue weighted by atomic mass is 16.6. The van der Waals surface area contributed by atoms with E-state index in [1.807, 2.05) is 13.8 Å². The average Bonchev–Trinajstić information content (AvgIpc) is 3.14. The zero-order valence-corrected chi connectivity index (χ0v) is 21.0. The maximum absolute atomic E-state index is 13.2. The van der Waals surface area contributed by atoms with E-state index in [1.165, 1.54) is 29.2 Å². The first-order chi connectivity index (χ1) is 17.8. The minimum absolute atomic E-state index is 0.0237. The lowest BCUT2D eigenvalue weighted by Crippen LogP contribution is -2.38. The second-order valence-corrected chi connectivity index (χ2v) is 9.34. The quantitative estimate of drug-likeness (QED) is 0.179. The van der Waals surface area contributed by atoms with Gasteiger partial charge in [-0.05, 0) is 62.2 Å². The Labute approximate surface area is 215 Å². The number of aliphatic hydroxyl groups is 1. The molecule has 2 aliphatic rings. The van der Waals surface area contributed by atoms with Crippen molar-refractivity contribution in [3.8, 4) is 5.75 Å². The predicted octanol–water partition coefficient (Wildman–Crippen LogP) is 3.53. The van der Waals surface area contributed by atoms with Crippen LogP contribution in [0.4, 0.5) is 5.69 Å². The Kier molecular flexibility index (Phi) is 8.20. The van der Waals surface area contributed by atoms with E-state index < -0.39 is 22.7 Å². The van der Waals surface area contributed by atoms with E-state index in [1.54, 1.807) is 24.3 Å². The van der Waals surface area contributed by atoms with Gasteiger partial charge in [0, 0.05) is 43.9 Å². The molecule has 1 N–H and O–H groups in total. The molecule has 0 radical (unpaired) electrons. The molecule has 2 fully saturated rings. The highest BCUT2D eigenvalue weighted by Gasteiger charge is 2.46. The van der Waals surface area contributed by atoms with Crippen LogP contribution in [0.3, 0.4) is 0 Å². The van der Waals surface area contributed by atoms with E-state index in [4.69, 9.17) is 9.47 Å². The SMILES string of the molecule is CC(C)Oc1ccc(C(O)=C2C(=O)C(=O)N(CCCN3CCOCC3)[C@@H]2c2ccc([N+](=O)[O-])cc2)cc1. The van der Waals surface area contributed by atoms with Crippen LogP contribution in [0.2, 0.25) is 0 Å². The summed E-state index contributed by atoms with van der Waals surface area (Å²) in [5.74, 6) is -1.17. The average molecular weight is 510 g/mol. The first-order valence-electron chi connectivity index (χ1n) is 12.4. The van der Waals surface area contributed by atoms with Crippen molar-refractivity contribution in [3.05, 3.63) is 75.3 Å². The zero-order valence-electron chi connectivity index (χ0n) is 21.0. The minimum atomic E-state index is -0.864. The maximum Gasteiger partial charge on any atom is 0.295 e. The molecule has 0 bridgehead atoms. The van der Waals surface area contributed by atoms with Gasteiger partial charge in [-0.25, -0.2) is 0 Å². The highest BCUT2D eigenvalue weighted by molar-refractivity contribution is 6.46. The van der Waals surface area contributed by atoms with Crippen LogP contribution in [0.1, 0.15) is 37.4 Å². The number of ketones is 1. The van der Waals surface area contributed by atoms with Crippen molar-refractivity contribution < 1.29 is 29.1 Å². The summed E-state index contributed by atoms with van der Waals surface area (Å²) in [6.07, 6.45) is 0.599. The third-order valence-electron chi connectivity index (χ3n) is 6.44. The van der Waals surface area contributed by atoms with Gasteiger partial charge < -0.3 is 19.5 Å². The Bertz CT molecular complexity index is 1170. The van der Waals surface area contributed by atoms with Crippen LogP contribution in [0.15, 0.2) is 54.1 Å². The van der Waals surface area contributed by atoms with Crippen molar-refractivity contribution in [2.75, 3.05) is 39.4 Å². The van der Waals surface area contributed by atoms with Gasteiger partial charge in [0.25, 0.3) is 17.4 Å². The number of benzene rings is 2. The Morgan fingerprint density at radius 1 is 1.08 bits per heavy atom. The van der Waals surface area contributed by atoms with Crippen LogP contribution in [0, 0.1) is 10.1 Å². The summed E-state index contributed by atoms with van der Waals surface area (Å²) in [6, 6.07) is 11.5. The van der Waals surface area contributed by atoms with Crippen molar-refractivity contribution in [1.29, 1.82) is 0 Å². The Balaban J connectivity index is 1.66. The van der Waals surface area contributed by atoms with Crippen molar-refractivity contribution in [2.45, 2.75) is 32.4 Å². The number of rotatable bonds is 9. The Hall–Kier alpha value is -3.76. The lowest BCUT2D eigenvalue weighted by Gasteiger charge is -2.29. The van der Waals surface area contributed by atoms with E-state index in [2.05, 4.69) is 4.90 Å². The first kappa shape index (κ1) is 26.3. The van der Waals surface area contributed by atoms with Gasteiger partial charge in [0.1, 0.15) is 11.5 Å². The number of nitrogens with zero attached hydrogens (tertiary/aromatic N) is 3. The molecule has 4 rings (SSSR count). The number of Topliss-reactive ketones (excluding diaryl/α,β-unsaturated/α-hetero) is 1. The summed E-state index contributed by atoms with van der Waals surface area (Å²) in [4.78, 5) is 40.7. The van der Waals surface area contributed by atoms with Crippen LogP contribution in [0.25, 0.3) is 5.76 Å². The van der Waals surface area contributed by atoms with E-state index in [9.17, 15) is 24.8 Å². The molecule has 0 saturated carbocycles. The fraction of sp³-hybridized carbons (Fsp3) is 0.407. The standard InChI is InChI=1S/C27H31N3O7/c1-18(2)37-22-10-6-20(7-11-22)25(31)23-24(19-4-8-21(9-5-19)30(34)35)29(27(33)26(23)32)13-3-12-28-14-16-36-17-15-28/h4-11,18,24,31H,3,12-17H2,1-2H3/t24-/m1/s1. The van der Waals surface area contributed by atoms with Gasteiger partial charge in [0.05, 0.1) is 35.9 Å². The molecule has 10 nitrogen and oxygen atoms in total. The maximum atomic E-state index is 13.2. The number of likely N-dealkylation sites (tertiary alicyclic amines) is 1. The van der Waals surface area contributed by atoms with E-state index in [0.29, 0.717) is 43.1 Å². The molecule has 2 saturated heterocycles. The molecule has 37 heavy (non-hydrogen) atoms. The molecule has 1 amide bonds. The largest absolute Gasteiger partial charge is 0.507 e. The van der Waals surface area contributed by atoms with Gasteiger partial charge in [-0.2, -0.15) is 0 Å². The number of non-ortho nitro benzene ring substituents is 1. The monoisotopic (exact) mass is 509 g/mol. The minimum Gasteiger partial charge on any atom is -0.507 e. The number of morpholine rings is 1. The number of hydrogen-bond donors (Lipinski definition) is 1. The number of nitro benzene ring substituents is 1. The smallest absolute Gasteiger partial charge is 0.295 e. The summed E-state index contributed by atoms with van der Waals surface area (Å²) in [6.45, 7) is 7.76. The van der Waals surface area contributed by atoms with Crippen LogP contribution >= 0.6 is 0 Å². The van der Waals surface area contributed by atoms with Gasteiger partial charge in [-0.1, -0.05) is 0 Å². The number of nitro groups is 1. The lowest BCUT2D eigenvalue weighted by atomic mass is 9.95. The van der Waals surface area contributed by atoms with Crippen LogP contribution in [-0.2, 0) is 14.3 Å². The molecule has 2 aromatic rings. The molecule has 0 spiro atoms. The molecule has 0 aliphatic carbocycles. The van der Waals surface area contributed by atoms with Gasteiger partial charge in [0.15, 0.2) is 0 Å². The second kappa shape index (κ2) is 11.5. The van der Waals surface area contributed by atoms with E-state index >= 15 is 0 Å².